The Morgan fingerprint density at radius 1 is 1.43 bits per heavy atom. The summed E-state index contributed by atoms with van der Waals surface area (Å²) in [6, 6.07) is 4.13. The highest BCUT2D eigenvalue weighted by Gasteiger charge is 2.46. The molecule has 0 radical (unpaired) electrons. The molecule has 0 spiro atoms. The molecular formula is C19H28F3NO5. The Kier molecular flexibility index (Phi) is 7.91. The van der Waals surface area contributed by atoms with Gasteiger partial charge in [-0.1, -0.05) is 0 Å². The molecule has 1 N–H and O–H groups in total. The summed E-state index contributed by atoms with van der Waals surface area (Å²) < 4.78 is 49.3. The number of piperidine rings is 1. The molecule has 2 atom stereocenters. The van der Waals surface area contributed by atoms with Gasteiger partial charge < -0.3 is 19.0 Å². The van der Waals surface area contributed by atoms with Gasteiger partial charge in [0.25, 0.3) is 0 Å². The number of aliphatic carboxylic acids is 1. The van der Waals surface area contributed by atoms with E-state index in [1.54, 1.807) is 0 Å². The van der Waals surface area contributed by atoms with Crippen molar-refractivity contribution in [3.8, 4) is 0 Å². The summed E-state index contributed by atoms with van der Waals surface area (Å²) in [5, 5.41) is 7.12. The van der Waals surface area contributed by atoms with Crippen LogP contribution in [-0.4, -0.2) is 61.2 Å². The number of hydrogen-bond donors (Lipinski definition) is 1. The van der Waals surface area contributed by atoms with E-state index in [2.05, 4.69) is 17.9 Å². The first kappa shape index (κ1) is 22.7. The van der Waals surface area contributed by atoms with E-state index in [1.165, 1.54) is 6.42 Å². The van der Waals surface area contributed by atoms with Gasteiger partial charge in [0, 0.05) is 31.7 Å². The highest BCUT2D eigenvalue weighted by atomic mass is 19.4. The van der Waals surface area contributed by atoms with E-state index in [0.29, 0.717) is 6.10 Å². The molecular weight excluding hydrogens is 379 g/mol. The van der Waals surface area contributed by atoms with Crippen molar-refractivity contribution >= 4 is 5.97 Å². The molecule has 0 amide bonds. The summed E-state index contributed by atoms with van der Waals surface area (Å²) in [4.78, 5) is 11.4. The Hall–Kier alpha value is -1.58. The Morgan fingerprint density at radius 2 is 2.14 bits per heavy atom. The van der Waals surface area contributed by atoms with Crippen LogP contribution in [0, 0.1) is 12.3 Å². The van der Waals surface area contributed by atoms with Crippen molar-refractivity contribution in [1.29, 1.82) is 0 Å². The predicted octanol–water partition coefficient (Wildman–Crippen LogP) is 3.63. The van der Waals surface area contributed by atoms with E-state index < -0.39 is 12.1 Å². The first-order chi connectivity index (χ1) is 13.2. The number of hydrogen-bond acceptors (Lipinski definition) is 5. The van der Waals surface area contributed by atoms with Gasteiger partial charge in [-0.25, -0.2) is 4.79 Å². The summed E-state index contributed by atoms with van der Waals surface area (Å²) in [6.07, 6.45) is -1.25. The maximum atomic E-state index is 10.6. The first-order valence-corrected chi connectivity index (χ1v) is 9.43. The molecule has 0 aromatic carbocycles. The van der Waals surface area contributed by atoms with Crippen LogP contribution in [0.1, 0.15) is 37.7 Å². The zero-order chi connectivity index (χ0) is 20.8. The highest BCUT2D eigenvalue weighted by Crippen LogP contribution is 2.40. The number of rotatable bonds is 5. The Labute approximate surface area is 162 Å². The summed E-state index contributed by atoms with van der Waals surface area (Å²) in [5.41, 5.74) is 0.175. The van der Waals surface area contributed by atoms with E-state index in [1.807, 2.05) is 13.0 Å². The summed E-state index contributed by atoms with van der Waals surface area (Å²) in [7, 11) is 0. The summed E-state index contributed by atoms with van der Waals surface area (Å²) in [6.45, 7) is 9.62. The van der Waals surface area contributed by atoms with Crippen molar-refractivity contribution in [1.82, 2.24) is 4.90 Å². The van der Waals surface area contributed by atoms with Gasteiger partial charge in [-0.15, -0.1) is 0 Å². The number of furan rings is 1. The zero-order valence-corrected chi connectivity index (χ0v) is 16.3. The molecule has 3 rings (SSSR count). The number of carboxylic acids is 1. The molecule has 2 fully saturated rings. The lowest BCUT2D eigenvalue weighted by molar-refractivity contribution is -0.192. The van der Waals surface area contributed by atoms with Gasteiger partial charge >= 0.3 is 12.1 Å². The van der Waals surface area contributed by atoms with Gasteiger partial charge in [-0.05, 0) is 45.2 Å². The Bertz CT molecular complexity index is 633. The number of nitrogens with zero attached hydrogens (tertiary/aromatic N) is 1. The Morgan fingerprint density at radius 3 is 2.71 bits per heavy atom. The Balaban J connectivity index is 0.000000345. The third kappa shape index (κ3) is 6.22. The molecule has 0 bridgehead atoms. The molecule has 0 aliphatic carbocycles. The summed E-state index contributed by atoms with van der Waals surface area (Å²) >= 11 is 0. The molecule has 6 nitrogen and oxygen atoms in total. The minimum atomic E-state index is -5.08. The van der Waals surface area contributed by atoms with Gasteiger partial charge in [0.1, 0.15) is 11.5 Å². The fourth-order valence-electron chi connectivity index (χ4n) is 3.82. The average Bonchev–Trinajstić information content (AvgIpc) is 3.04. The minimum absolute atomic E-state index is 0.175. The maximum Gasteiger partial charge on any atom is 0.490 e. The second-order valence-corrected chi connectivity index (χ2v) is 7.28. The zero-order valence-electron chi connectivity index (χ0n) is 16.3. The van der Waals surface area contributed by atoms with Crippen LogP contribution in [0.15, 0.2) is 16.5 Å². The smallest absolute Gasteiger partial charge is 0.475 e. The topological polar surface area (TPSA) is 72.1 Å². The van der Waals surface area contributed by atoms with Crippen LogP contribution in [0.3, 0.4) is 0 Å². The second-order valence-electron chi connectivity index (χ2n) is 7.28. The monoisotopic (exact) mass is 407 g/mol. The number of carboxylic acid groups (broad SMARTS) is 1. The third-order valence-corrected chi connectivity index (χ3v) is 5.08. The summed E-state index contributed by atoms with van der Waals surface area (Å²) in [5.74, 6) is -0.702. The molecule has 2 saturated heterocycles. The molecule has 3 heterocycles. The number of halogens is 3. The second kappa shape index (κ2) is 9.76. The predicted molar refractivity (Wildman–Crippen MR) is 94.9 cm³/mol. The van der Waals surface area contributed by atoms with Crippen LogP contribution in [0.2, 0.25) is 0 Å². The van der Waals surface area contributed by atoms with Crippen LogP contribution in [0.25, 0.3) is 0 Å². The van der Waals surface area contributed by atoms with E-state index in [-0.39, 0.29) is 5.41 Å². The number of carbonyl (C=O) groups is 1. The van der Waals surface area contributed by atoms with Crippen molar-refractivity contribution in [2.24, 2.45) is 5.41 Å². The van der Waals surface area contributed by atoms with Crippen LogP contribution in [0.5, 0.6) is 0 Å². The van der Waals surface area contributed by atoms with E-state index >= 15 is 0 Å². The number of alkyl halides is 3. The van der Waals surface area contributed by atoms with Crippen LogP contribution in [-0.2, 0) is 20.8 Å². The van der Waals surface area contributed by atoms with Gasteiger partial charge in [0.2, 0.25) is 0 Å². The molecule has 160 valence electrons. The molecule has 1 aromatic rings. The van der Waals surface area contributed by atoms with Crippen molar-refractivity contribution in [2.75, 3.05) is 32.9 Å². The third-order valence-electron chi connectivity index (χ3n) is 5.08. The van der Waals surface area contributed by atoms with Crippen molar-refractivity contribution in [3.63, 3.8) is 0 Å². The van der Waals surface area contributed by atoms with Crippen LogP contribution in [0.4, 0.5) is 13.2 Å². The molecule has 2 aliphatic heterocycles. The quantitative estimate of drug-likeness (QED) is 0.804. The van der Waals surface area contributed by atoms with Gasteiger partial charge in [0.05, 0.1) is 19.3 Å². The molecule has 9 heteroatoms. The fraction of sp³-hybridized carbons (Fsp3) is 0.737. The lowest BCUT2D eigenvalue weighted by atomic mass is 9.73. The molecule has 1 aromatic heterocycles. The number of aryl methyl sites for hydroxylation is 1. The lowest BCUT2D eigenvalue weighted by Crippen LogP contribution is -2.56. The molecule has 2 unspecified atom stereocenters. The van der Waals surface area contributed by atoms with Crippen LogP contribution >= 0.6 is 0 Å². The van der Waals surface area contributed by atoms with Crippen molar-refractivity contribution < 1.29 is 37.0 Å². The van der Waals surface area contributed by atoms with E-state index in [0.717, 1.165) is 63.8 Å². The largest absolute Gasteiger partial charge is 0.490 e. The maximum absolute atomic E-state index is 10.6. The van der Waals surface area contributed by atoms with Crippen molar-refractivity contribution in [3.05, 3.63) is 23.7 Å². The highest BCUT2D eigenvalue weighted by molar-refractivity contribution is 5.73. The SMILES string of the molecule is CCOCC12CCCOC1CCN(Cc1ccc(C)o1)C2.O=C(O)C(F)(F)F. The number of fused-ring (bicyclic) bond motifs is 1. The number of ether oxygens (including phenoxy) is 2. The lowest BCUT2D eigenvalue weighted by Gasteiger charge is -2.50. The van der Waals surface area contributed by atoms with Gasteiger partial charge in [0.15, 0.2) is 0 Å². The van der Waals surface area contributed by atoms with Crippen LogP contribution < -0.4 is 0 Å². The molecule has 28 heavy (non-hydrogen) atoms. The van der Waals surface area contributed by atoms with Crippen molar-refractivity contribution in [2.45, 2.75) is 51.9 Å². The molecule has 2 aliphatic rings. The van der Waals surface area contributed by atoms with E-state index in [9.17, 15) is 13.2 Å². The normalized spacial score (nSPS) is 25.5. The van der Waals surface area contributed by atoms with Gasteiger partial charge in [-0.3, -0.25) is 4.90 Å². The fourth-order valence-corrected chi connectivity index (χ4v) is 3.82. The molecule has 0 saturated carbocycles. The van der Waals surface area contributed by atoms with Gasteiger partial charge in [-0.2, -0.15) is 13.2 Å². The number of likely N-dealkylation sites (tertiary alicyclic amines) is 1. The standard InChI is InChI=1S/C17H27NO3.C2HF3O2/c1-3-19-13-17-8-4-10-20-16(17)7-9-18(12-17)11-15-6-5-14(2)21-15;3-2(4,5)1(6)7/h5-6,16H,3-4,7-13H2,1-2H3;(H,6,7). The average molecular weight is 407 g/mol. The first-order valence-electron chi connectivity index (χ1n) is 9.43. The van der Waals surface area contributed by atoms with E-state index in [4.69, 9.17) is 23.8 Å². The minimum Gasteiger partial charge on any atom is -0.475 e.